The number of rotatable bonds is 8. The van der Waals surface area contributed by atoms with Crippen LogP contribution < -0.4 is 5.32 Å². The maximum Gasteiger partial charge on any atom is 0.120 e. The number of halogens is 1. The Labute approximate surface area is 125 Å². The van der Waals surface area contributed by atoms with E-state index in [9.17, 15) is 5.11 Å². The number of phenols is 1. The van der Waals surface area contributed by atoms with Crippen LogP contribution in [0.3, 0.4) is 0 Å². The molecule has 1 aliphatic heterocycles. The SMILES string of the molecule is Oc1ccc(Cl)cc1CNCCCOCC1CCCO1. The molecule has 0 spiro atoms. The molecule has 1 atom stereocenters. The lowest BCUT2D eigenvalue weighted by atomic mass is 10.2. The van der Waals surface area contributed by atoms with Crippen LogP contribution >= 0.6 is 11.6 Å². The van der Waals surface area contributed by atoms with Gasteiger partial charge in [-0.2, -0.15) is 0 Å². The molecule has 5 heteroatoms. The van der Waals surface area contributed by atoms with E-state index in [2.05, 4.69) is 5.32 Å². The van der Waals surface area contributed by atoms with E-state index < -0.39 is 0 Å². The van der Waals surface area contributed by atoms with Crippen molar-refractivity contribution in [2.75, 3.05) is 26.4 Å². The summed E-state index contributed by atoms with van der Waals surface area (Å²) >= 11 is 5.89. The zero-order valence-corrected chi connectivity index (χ0v) is 12.4. The van der Waals surface area contributed by atoms with Crippen molar-refractivity contribution in [1.29, 1.82) is 0 Å². The molecule has 0 saturated carbocycles. The van der Waals surface area contributed by atoms with Crippen LogP contribution in [0.1, 0.15) is 24.8 Å². The van der Waals surface area contributed by atoms with Gasteiger partial charge in [-0.1, -0.05) is 11.6 Å². The molecule has 2 N–H and O–H groups in total. The molecule has 4 nitrogen and oxygen atoms in total. The molecular weight excluding hydrogens is 278 g/mol. The van der Waals surface area contributed by atoms with Crippen LogP contribution in [0.25, 0.3) is 0 Å². The van der Waals surface area contributed by atoms with Crippen molar-refractivity contribution in [2.24, 2.45) is 0 Å². The molecule has 1 saturated heterocycles. The molecule has 2 rings (SSSR count). The highest BCUT2D eigenvalue weighted by Crippen LogP contribution is 2.21. The third-order valence-corrected chi connectivity index (χ3v) is 3.56. The quantitative estimate of drug-likeness (QED) is 0.725. The number of hydrogen-bond acceptors (Lipinski definition) is 4. The van der Waals surface area contributed by atoms with Gasteiger partial charge in [0.1, 0.15) is 5.75 Å². The highest BCUT2D eigenvalue weighted by Gasteiger charge is 2.14. The minimum absolute atomic E-state index is 0.275. The zero-order chi connectivity index (χ0) is 14.2. The van der Waals surface area contributed by atoms with Crippen LogP contribution in [0.5, 0.6) is 5.75 Å². The molecule has 0 radical (unpaired) electrons. The Kier molecular flexibility index (Phi) is 6.60. The summed E-state index contributed by atoms with van der Waals surface area (Å²) in [5.74, 6) is 0.275. The summed E-state index contributed by atoms with van der Waals surface area (Å²) in [5, 5.41) is 13.6. The highest BCUT2D eigenvalue weighted by atomic mass is 35.5. The number of aromatic hydroxyl groups is 1. The molecule has 1 unspecified atom stereocenters. The number of benzene rings is 1. The zero-order valence-electron chi connectivity index (χ0n) is 11.6. The van der Waals surface area contributed by atoms with Gasteiger partial charge in [0.25, 0.3) is 0 Å². The van der Waals surface area contributed by atoms with Crippen molar-refractivity contribution in [3.05, 3.63) is 28.8 Å². The van der Waals surface area contributed by atoms with E-state index >= 15 is 0 Å². The summed E-state index contributed by atoms with van der Waals surface area (Å²) in [7, 11) is 0. The Morgan fingerprint density at radius 1 is 1.45 bits per heavy atom. The van der Waals surface area contributed by atoms with E-state index in [1.807, 2.05) is 0 Å². The maximum atomic E-state index is 9.66. The molecule has 0 bridgehead atoms. The summed E-state index contributed by atoms with van der Waals surface area (Å²) in [6, 6.07) is 5.07. The van der Waals surface area contributed by atoms with Gasteiger partial charge in [-0.15, -0.1) is 0 Å². The second-order valence-electron chi connectivity index (χ2n) is 5.01. The molecule has 0 amide bonds. The van der Waals surface area contributed by atoms with Gasteiger partial charge in [0.05, 0.1) is 12.7 Å². The van der Waals surface area contributed by atoms with Gasteiger partial charge in [-0.3, -0.25) is 0 Å². The van der Waals surface area contributed by atoms with E-state index in [0.29, 0.717) is 24.3 Å². The fourth-order valence-electron chi connectivity index (χ4n) is 2.21. The van der Waals surface area contributed by atoms with Crippen LogP contribution in [-0.4, -0.2) is 37.6 Å². The Morgan fingerprint density at radius 3 is 3.15 bits per heavy atom. The Bertz CT molecular complexity index is 408. The van der Waals surface area contributed by atoms with Crippen molar-refractivity contribution < 1.29 is 14.6 Å². The summed E-state index contributed by atoms with van der Waals surface area (Å²) < 4.78 is 11.1. The first-order chi connectivity index (χ1) is 9.75. The highest BCUT2D eigenvalue weighted by molar-refractivity contribution is 6.30. The number of nitrogens with one attached hydrogen (secondary N) is 1. The molecule has 1 aromatic rings. The molecule has 1 aromatic carbocycles. The van der Waals surface area contributed by atoms with Gasteiger partial charge in [0.15, 0.2) is 0 Å². The first kappa shape index (κ1) is 15.6. The fraction of sp³-hybridized carbons (Fsp3) is 0.600. The first-order valence-corrected chi connectivity index (χ1v) is 7.51. The van der Waals surface area contributed by atoms with Crippen molar-refractivity contribution in [3.63, 3.8) is 0 Å². The second-order valence-corrected chi connectivity index (χ2v) is 5.45. The van der Waals surface area contributed by atoms with E-state index in [0.717, 1.165) is 44.6 Å². The predicted molar refractivity (Wildman–Crippen MR) is 79.2 cm³/mol. The molecule has 1 aliphatic rings. The van der Waals surface area contributed by atoms with Crippen LogP contribution in [0.15, 0.2) is 18.2 Å². The topological polar surface area (TPSA) is 50.7 Å². The predicted octanol–water partition coefficient (Wildman–Crippen LogP) is 2.72. The molecule has 1 heterocycles. The van der Waals surface area contributed by atoms with E-state index in [1.54, 1.807) is 18.2 Å². The lowest BCUT2D eigenvalue weighted by Gasteiger charge is -2.10. The van der Waals surface area contributed by atoms with Crippen LogP contribution in [0.2, 0.25) is 5.02 Å². The Hall–Kier alpha value is -0.810. The smallest absolute Gasteiger partial charge is 0.120 e. The van der Waals surface area contributed by atoms with Gasteiger partial charge < -0.3 is 19.9 Å². The normalized spacial score (nSPS) is 18.6. The number of phenolic OH excluding ortho intramolecular Hbond substituents is 1. The van der Waals surface area contributed by atoms with Gasteiger partial charge in [0.2, 0.25) is 0 Å². The number of ether oxygens (including phenoxy) is 2. The maximum absolute atomic E-state index is 9.66. The lowest BCUT2D eigenvalue weighted by Crippen LogP contribution is -2.19. The van der Waals surface area contributed by atoms with E-state index in [1.165, 1.54) is 0 Å². The monoisotopic (exact) mass is 299 g/mol. The summed E-state index contributed by atoms with van der Waals surface area (Å²) in [6.45, 7) is 3.76. The average Bonchev–Trinajstić information content (AvgIpc) is 2.94. The minimum Gasteiger partial charge on any atom is -0.508 e. The second kappa shape index (κ2) is 8.47. The fourth-order valence-corrected chi connectivity index (χ4v) is 2.40. The van der Waals surface area contributed by atoms with Crippen molar-refractivity contribution in [1.82, 2.24) is 5.32 Å². The largest absolute Gasteiger partial charge is 0.508 e. The van der Waals surface area contributed by atoms with E-state index in [4.69, 9.17) is 21.1 Å². The van der Waals surface area contributed by atoms with Gasteiger partial charge in [0, 0.05) is 30.3 Å². The minimum atomic E-state index is 0.275. The summed E-state index contributed by atoms with van der Waals surface area (Å²) in [6.07, 6.45) is 3.50. The molecule has 0 aromatic heterocycles. The third-order valence-electron chi connectivity index (χ3n) is 3.33. The van der Waals surface area contributed by atoms with Crippen LogP contribution in [-0.2, 0) is 16.0 Å². The third kappa shape index (κ3) is 5.29. The molecule has 0 aliphatic carbocycles. The average molecular weight is 300 g/mol. The Morgan fingerprint density at radius 2 is 2.35 bits per heavy atom. The Balaban J connectivity index is 1.51. The molecule has 112 valence electrons. The lowest BCUT2D eigenvalue weighted by molar-refractivity contribution is 0.0166. The summed E-state index contributed by atoms with van der Waals surface area (Å²) in [5.41, 5.74) is 0.817. The first-order valence-electron chi connectivity index (χ1n) is 7.13. The van der Waals surface area contributed by atoms with Crippen LogP contribution in [0, 0.1) is 0 Å². The summed E-state index contributed by atoms with van der Waals surface area (Å²) in [4.78, 5) is 0. The van der Waals surface area contributed by atoms with Crippen molar-refractivity contribution in [2.45, 2.75) is 31.9 Å². The van der Waals surface area contributed by atoms with E-state index in [-0.39, 0.29) is 5.75 Å². The standard InChI is InChI=1S/C15H22ClNO3/c16-13-4-5-15(18)12(9-13)10-17-6-2-7-19-11-14-3-1-8-20-14/h4-5,9,14,17-18H,1-3,6-8,10-11H2. The molecular formula is C15H22ClNO3. The number of hydrogen-bond donors (Lipinski definition) is 2. The molecule has 20 heavy (non-hydrogen) atoms. The molecule has 1 fully saturated rings. The van der Waals surface area contributed by atoms with Crippen molar-refractivity contribution in [3.8, 4) is 5.75 Å². The van der Waals surface area contributed by atoms with Gasteiger partial charge in [-0.25, -0.2) is 0 Å². The van der Waals surface area contributed by atoms with Gasteiger partial charge in [-0.05, 0) is 44.0 Å². The van der Waals surface area contributed by atoms with Gasteiger partial charge >= 0.3 is 0 Å². The van der Waals surface area contributed by atoms with Crippen molar-refractivity contribution >= 4 is 11.6 Å². The van der Waals surface area contributed by atoms with Crippen LogP contribution in [0.4, 0.5) is 0 Å².